The Bertz CT molecular complexity index is 355. The largest absolute Gasteiger partial charge is 0.396 e. The Hall–Kier alpha value is -0.810. The van der Waals surface area contributed by atoms with Gasteiger partial charge in [0.05, 0.1) is 6.10 Å². The van der Waals surface area contributed by atoms with E-state index in [4.69, 9.17) is 9.84 Å². The number of urea groups is 1. The second-order valence-electron chi connectivity index (χ2n) is 6.80. The lowest BCUT2D eigenvalue weighted by Crippen LogP contribution is -2.68. The van der Waals surface area contributed by atoms with E-state index in [0.29, 0.717) is 18.4 Å². The zero-order valence-electron chi connectivity index (χ0n) is 13.5. The van der Waals surface area contributed by atoms with Crippen molar-refractivity contribution in [1.29, 1.82) is 0 Å². The second-order valence-corrected chi connectivity index (χ2v) is 6.80. The molecule has 5 nitrogen and oxygen atoms in total. The van der Waals surface area contributed by atoms with Crippen molar-refractivity contribution in [1.82, 2.24) is 10.6 Å². The SMILES string of the molecule is CCOC1CC(NC(=O)NC(CCO)C(C)C)C12CCC2. The van der Waals surface area contributed by atoms with Crippen LogP contribution >= 0.6 is 0 Å². The summed E-state index contributed by atoms with van der Waals surface area (Å²) < 4.78 is 5.80. The number of ether oxygens (including phenoxy) is 1. The van der Waals surface area contributed by atoms with E-state index in [-0.39, 0.29) is 30.1 Å². The molecule has 3 atom stereocenters. The molecule has 0 aromatic heterocycles. The third kappa shape index (κ3) is 3.34. The molecule has 2 saturated carbocycles. The highest BCUT2D eigenvalue weighted by Crippen LogP contribution is 2.57. The van der Waals surface area contributed by atoms with E-state index in [0.717, 1.165) is 25.9 Å². The van der Waals surface area contributed by atoms with E-state index in [1.54, 1.807) is 0 Å². The summed E-state index contributed by atoms with van der Waals surface area (Å²) >= 11 is 0. The molecule has 0 aliphatic heterocycles. The molecule has 0 aromatic rings. The Labute approximate surface area is 127 Å². The predicted molar refractivity (Wildman–Crippen MR) is 82.1 cm³/mol. The van der Waals surface area contributed by atoms with Gasteiger partial charge in [-0.05, 0) is 38.5 Å². The second kappa shape index (κ2) is 6.97. The summed E-state index contributed by atoms with van der Waals surface area (Å²) in [6, 6.07) is 0.160. The molecule has 122 valence electrons. The molecule has 3 unspecified atom stereocenters. The van der Waals surface area contributed by atoms with E-state index >= 15 is 0 Å². The predicted octanol–water partition coefficient (Wildman–Crippen LogP) is 2.04. The Morgan fingerprint density at radius 2 is 2.14 bits per heavy atom. The van der Waals surface area contributed by atoms with Gasteiger partial charge in [-0.2, -0.15) is 0 Å². The molecular weight excluding hydrogens is 268 g/mol. The summed E-state index contributed by atoms with van der Waals surface area (Å²) in [6.45, 7) is 6.99. The molecule has 0 saturated heterocycles. The summed E-state index contributed by atoms with van der Waals surface area (Å²) in [6.07, 6.45) is 5.40. The van der Waals surface area contributed by atoms with Crippen LogP contribution in [0.4, 0.5) is 4.79 Å². The summed E-state index contributed by atoms with van der Waals surface area (Å²) in [5, 5.41) is 15.2. The smallest absolute Gasteiger partial charge is 0.315 e. The number of aliphatic hydroxyl groups excluding tert-OH is 1. The fourth-order valence-corrected chi connectivity index (χ4v) is 3.72. The summed E-state index contributed by atoms with van der Waals surface area (Å²) in [7, 11) is 0. The van der Waals surface area contributed by atoms with Crippen molar-refractivity contribution in [3.8, 4) is 0 Å². The maximum atomic E-state index is 12.2. The average molecular weight is 298 g/mol. The maximum absolute atomic E-state index is 12.2. The van der Waals surface area contributed by atoms with Crippen LogP contribution in [0.25, 0.3) is 0 Å². The topological polar surface area (TPSA) is 70.6 Å². The summed E-state index contributed by atoms with van der Waals surface area (Å²) in [4.78, 5) is 12.2. The molecule has 0 heterocycles. The Morgan fingerprint density at radius 1 is 1.43 bits per heavy atom. The van der Waals surface area contributed by atoms with Gasteiger partial charge in [0.15, 0.2) is 0 Å². The van der Waals surface area contributed by atoms with Crippen molar-refractivity contribution in [3.05, 3.63) is 0 Å². The Morgan fingerprint density at radius 3 is 2.62 bits per heavy atom. The minimum Gasteiger partial charge on any atom is -0.396 e. The summed E-state index contributed by atoms with van der Waals surface area (Å²) in [5.74, 6) is 0.318. The molecule has 5 heteroatoms. The minimum absolute atomic E-state index is 0.0232. The van der Waals surface area contributed by atoms with Crippen LogP contribution in [0.15, 0.2) is 0 Å². The normalized spacial score (nSPS) is 27.9. The minimum atomic E-state index is -0.103. The van der Waals surface area contributed by atoms with Crippen LogP contribution in [-0.2, 0) is 4.74 Å². The van der Waals surface area contributed by atoms with Crippen LogP contribution in [0.1, 0.15) is 52.9 Å². The standard InChI is InChI=1S/C16H30N2O3/c1-4-21-14-10-13(16(14)7-5-8-16)18-15(20)17-12(6-9-19)11(2)3/h11-14,19H,4-10H2,1-3H3,(H2,17,18,20). The monoisotopic (exact) mass is 298 g/mol. The zero-order chi connectivity index (χ0) is 15.5. The fraction of sp³-hybridized carbons (Fsp3) is 0.938. The highest BCUT2D eigenvalue weighted by molar-refractivity contribution is 5.75. The number of hydrogen-bond donors (Lipinski definition) is 3. The number of carbonyl (C=O) groups is 1. The van der Waals surface area contributed by atoms with E-state index in [2.05, 4.69) is 24.5 Å². The number of rotatable bonds is 7. The van der Waals surface area contributed by atoms with Gasteiger partial charge in [-0.25, -0.2) is 4.79 Å². The van der Waals surface area contributed by atoms with Gasteiger partial charge in [0, 0.05) is 30.7 Å². The van der Waals surface area contributed by atoms with Crippen molar-refractivity contribution in [2.75, 3.05) is 13.2 Å². The van der Waals surface area contributed by atoms with Crippen LogP contribution in [0.3, 0.4) is 0 Å². The van der Waals surface area contributed by atoms with Gasteiger partial charge in [-0.15, -0.1) is 0 Å². The van der Waals surface area contributed by atoms with Gasteiger partial charge >= 0.3 is 6.03 Å². The quantitative estimate of drug-likeness (QED) is 0.673. The molecule has 0 bridgehead atoms. The highest BCUT2D eigenvalue weighted by atomic mass is 16.5. The van der Waals surface area contributed by atoms with Crippen molar-refractivity contribution in [3.63, 3.8) is 0 Å². The average Bonchev–Trinajstić information content (AvgIpc) is 2.34. The number of nitrogens with one attached hydrogen (secondary N) is 2. The van der Waals surface area contributed by atoms with Gasteiger partial charge in [-0.3, -0.25) is 0 Å². The van der Waals surface area contributed by atoms with Crippen molar-refractivity contribution in [2.24, 2.45) is 11.3 Å². The van der Waals surface area contributed by atoms with Crippen LogP contribution in [0.2, 0.25) is 0 Å². The lowest BCUT2D eigenvalue weighted by atomic mass is 9.51. The van der Waals surface area contributed by atoms with Crippen LogP contribution in [0, 0.1) is 11.3 Å². The van der Waals surface area contributed by atoms with E-state index < -0.39 is 0 Å². The fourth-order valence-electron chi connectivity index (χ4n) is 3.72. The molecule has 2 amide bonds. The number of hydrogen-bond acceptors (Lipinski definition) is 3. The molecule has 0 aromatic carbocycles. The van der Waals surface area contributed by atoms with Gasteiger partial charge in [-0.1, -0.05) is 20.3 Å². The molecular formula is C16H30N2O3. The van der Waals surface area contributed by atoms with Crippen molar-refractivity contribution < 1.29 is 14.6 Å². The third-order valence-electron chi connectivity index (χ3n) is 5.30. The van der Waals surface area contributed by atoms with Crippen LogP contribution < -0.4 is 10.6 Å². The number of aliphatic hydroxyl groups is 1. The van der Waals surface area contributed by atoms with Crippen LogP contribution in [0.5, 0.6) is 0 Å². The third-order valence-corrected chi connectivity index (χ3v) is 5.30. The molecule has 2 rings (SSSR count). The highest BCUT2D eigenvalue weighted by Gasteiger charge is 2.59. The van der Waals surface area contributed by atoms with Gasteiger partial charge in [0.25, 0.3) is 0 Å². The van der Waals surface area contributed by atoms with Gasteiger partial charge in [0.2, 0.25) is 0 Å². The van der Waals surface area contributed by atoms with E-state index in [1.807, 2.05) is 6.92 Å². The Kier molecular flexibility index (Phi) is 5.49. The van der Waals surface area contributed by atoms with Crippen molar-refractivity contribution >= 4 is 6.03 Å². The molecule has 2 aliphatic rings. The molecule has 1 spiro atoms. The molecule has 21 heavy (non-hydrogen) atoms. The van der Waals surface area contributed by atoms with Crippen molar-refractivity contribution in [2.45, 2.75) is 71.1 Å². The molecule has 0 radical (unpaired) electrons. The lowest BCUT2D eigenvalue weighted by molar-refractivity contribution is -0.169. The molecule has 2 aliphatic carbocycles. The maximum Gasteiger partial charge on any atom is 0.315 e. The van der Waals surface area contributed by atoms with Crippen LogP contribution in [-0.4, -0.2) is 42.5 Å². The van der Waals surface area contributed by atoms with E-state index in [9.17, 15) is 4.79 Å². The Balaban J connectivity index is 1.83. The van der Waals surface area contributed by atoms with E-state index in [1.165, 1.54) is 6.42 Å². The summed E-state index contributed by atoms with van der Waals surface area (Å²) in [5.41, 5.74) is 0.192. The lowest BCUT2D eigenvalue weighted by Gasteiger charge is -2.60. The van der Waals surface area contributed by atoms with Gasteiger partial charge in [0.1, 0.15) is 0 Å². The zero-order valence-corrected chi connectivity index (χ0v) is 13.5. The molecule has 2 fully saturated rings. The molecule has 3 N–H and O–H groups in total. The first-order valence-corrected chi connectivity index (χ1v) is 8.33. The van der Waals surface area contributed by atoms with Gasteiger partial charge < -0.3 is 20.5 Å². The first-order chi connectivity index (χ1) is 10.0. The first-order valence-electron chi connectivity index (χ1n) is 8.33. The number of carbonyl (C=O) groups excluding carboxylic acids is 1. The number of amides is 2. The first kappa shape index (κ1) is 16.6.